The maximum Gasteiger partial charge on any atom is 0.262 e. The Labute approximate surface area is 162 Å². The maximum atomic E-state index is 12.7. The van der Waals surface area contributed by atoms with Crippen LogP contribution in [0.1, 0.15) is 43.0 Å². The predicted molar refractivity (Wildman–Crippen MR) is 109 cm³/mol. The number of carbonyl (C=O) groups excluding carboxylic acids is 1. The van der Waals surface area contributed by atoms with Crippen LogP contribution in [0.4, 0.5) is 0 Å². The van der Waals surface area contributed by atoms with Gasteiger partial charge >= 0.3 is 0 Å². The van der Waals surface area contributed by atoms with E-state index < -0.39 is 0 Å². The number of thioether (sulfide) groups is 1. The van der Waals surface area contributed by atoms with Gasteiger partial charge in [0.05, 0.1) is 11.1 Å². The van der Waals surface area contributed by atoms with Gasteiger partial charge in [0, 0.05) is 24.2 Å². The summed E-state index contributed by atoms with van der Waals surface area (Å²) in [5.74, 6) is 0.374. The summed E-state index contributed by atoms with van der Waals surface area (Å²) in [5, 5.41) is 1.30. The molecule has 0 unspecified atom stereocenters. The molecule has 0 fully saturated rings. The lowest BCUT2D eigenvalue weighted by molar-refractivity contribution is -0.126. The number of rotatable bonds is 5. The van der Waals surface area contributed by atoms with Crippen molar-refractivity contribution < 1.29 is 4.79 Å². The lowest BCUT2D eigenvalue weighted by Crippen LogP contribution is -2.32. The molecule has 2 heterocycles. The van der Waals surface area contributed by atoms with E-state index in [1.165, 1.54) is 18.2 Å². The molecule has 26 heavy (non-hydrogen) atoms. The van der Waals surface area contributed by atoms with Gasteiger partial charge in [0.2, 0.25) is 5.91 Å². The Morgan fingerprint density at radius 2 is 2.15 bits per heavy atom. The Morgan fingerprint density at radius 3 is 2.81 bits per heavy atom. The van der Waals surface area contributed by atoms with Crippen LogP contribution in [0.25, 0.3) is 10.2 Å². The predicted octanol–water partition coefficient (Wildman–Crippen LogP) is 4.01. The minimum Gasteiger partial charge on any atom is -0.316 e. The van der Waals surface area contributed by atoms with Gasteiger partial charge < -0.3 is 4.90 Å². The molecule has 0 saturated heterocycles. The van der Waals surface area contributed by atoms with Gasteiger partial charge in [-0.1, -0.05) is 17.8 Å². The topological polar surface area (TPSA) is 55.2 Å². The van der Waals surface area contributed by atoms with E-state index in [9.17, 15) is 9.59 Å². The van der Waals surface area contributed by atoms with Gasteiger partial charge in [-0.2, -0.15) is 0 Å². The molecular weight excluding hydrogens is 366 g/mol. The highest BCUT2D eigenvalue weighted by Gasteiger charge is 2.20. The van der Waals surface area contributed by atoms with Crippen LogP contribution < -0.4 is 5.56 Å². The summed E-state index contributed by atoms with van der Waals surface area (Å²) in [5.41, 5.74) is 2.12. The highest BCUT2D eigenvalue weighted by molar-refractivity contribution is 7.99. The van der Waals surface area contributed by atoms with E-state index in [2.05, 4.69) is 11.1 Å². The molecule has 140 valence electrons. The molecule has 0 atom stereocenters. The van der Waals surface area contributed by atoms with E-state index in [1.54, 1.807) is 23.0 Å². The third-order valence-electron chi connectivity index (χ3n) is 4.93. The van der Waals surface area contributed by atoms with E-state index in [4.69, 9.17) is 0 Å². The molecule has 5 nitrogen and oxygen atoms in total. The smallest absolute Gasteiger partial charge is 0.262 e. The molecule has 1 amide bonds. The summed E-state index contributed by atoms with van der Waals surface area (Å²) in [6, 6.07) is 0. The maximum absolute atomic E-state index is 12.7. The van der Waals surface area contributed by atoms with Crippen molar-refractivity contribution in [2.45, 2.75) is 51.6 Å². The molecular formula is C19H25N3O2S2. The number of fused-ring (bicyclic) bond motifs is 1. The van der Waals surface area contributed by atoms with E-state index in [1.807, 2.05) is 25.7 Å². The molecule has 3 rings (SSSR count). The Morgan fingerprint density at radius 1 is 1.38 bits per heavy atom. The highest BCUT2D eigenvalue weighted by atomic mass is 32.2. The zero-order valence-corrected chi connectivity index (χ0v) is 17.4. The first-order valence-corrected chi connectivity index (χ1v) is 10.8. The molecule has 0 N–H and O–H groups in total. The standard InChI is InChI=1S/C19H25N3O2S2/c1-5-22(14-9-7-6-8-10-14)15(23)11-25-19-20-17-16(18(24)21(19)4)12(2)13(3)26-17/h9H,5-8,10-11H2,1-4H3. The van der Waals surface area contributed by atoms with Crippen LogP contribution in [0.2, 0.25) is 0 Å². The van der Waals surface area contributed by atoms with Gasteiger partial charge in [0.1, 0.15) is 4.83 Å². The molecule has 2 aromatic heterocycles. The molecule has 0 saturated carbocycles. The summed E-state index contributed by atoms with van der Waals surface area (Å²) >= 11 is 2.89. The molecule has 0 spiro atoms. The number of nitrogens with zero attached hydrogens (tertiary/aromatic N) is 3. The van der Waals surface area contributed by atoms with Crippen molar-refractivity contribution in [3.8, 4) is 0 Å². The van der Waals surface area contributed by atoms with E-state index in [-0.39, 0.29) is 11.5 Å². The molecule has 1 aliphatic carbocycles. The minimum absolute atomic E-state index is 0.0332. The van der Waals surface area contributed by atoms with Crippen molar-refractivity contribution in [1.29, 1.82) is 0 Å². The monoisotopic (exact) mass is 391 g/mol. The Bertz CT molecular complexity index is 927. The molecule has 2 aromatic rings. The zero-order chi connectivity index (χ0) is 18.8. The lowest BCUT2D eigenvalue weighted by atomic mass is 10.0. The highest BCUT2D eigenvalue weighted by Crippen LogP contribution is 2.28. The molecule has 0 radical (unpaired) electrons. The Kier molecular flexibility index (Phi) is 5.87. The SMILES string of the molecule is CCN(C(=O)CSc1nc2sc(C)c(C)c2c(=O)n1C)C1=CCCCC1. The second-order valence-corrected chi connectivity index (χ2v) is 8.74. The number of hydrogen-bond acceptors (Lipinski definition) is 5. The largest absolute Gasteiger partial charge is 0.316 e. The summed E-state index contributed by atoms with van der Waals surface area (Å²) in [7, 11) is 1.73. The van der Waals surface area contributed by atoms with Crippen LogP contribution in [0.3, 0.4) is 0 Å². The van der Waals surface area contributed by atoms with E-state index in [0.717, 1.165) is 40.2 Å². The van der Waals surface area contributed by atoms with E-state index in [0.29, 0.717) is 22.8 Å². The number of thiophene rings is 1. The summed E-state index contributed by atoms with van der Waals surface area (Å²) in [6.07, 6.45) is 6.56. The number of aromatic nitrogens is 2. The van der Waals surface area contributed by atoms with Gasteiger partial charge in [-0.15, -0.1) is 11.3 Å². The average Bonchev–Trinajstić information content (AvgIpc) is 2.92. The summed E-state index contributed by atoms with van der Waals surface area (Å²) in [4.78, 5) is 33.8. The van der Waals surface area contributed by atoms with Crippen LogP contribution in [0.5, 0.6) is 0 Å². The van der Waals surface area contributed by atoms with Crippen molar-refractivity contribution in [3.63, 3.8) is 0 Å². The summed E-state index contributed by atoms with van der Waals surface area (Å²) < 4.78 is 1.57. The number of carbonyl (C=O) groups is 1. The normalized spacial score (nSPS) is 14.5. The van der Waals surface area contributed by atoms with Crippen molar-refractivity contribution in [1.82, 2.24) is 14.5 Å². The van der Waals surface area contributed by atoms with E-state index >= 15 is 0 Å². The van der Waals surface area contributed by atoms with Gasteiger partial charge in [0.15, 0.2) is 5.16 Å². The third-order valence-corrected chi connectivity index (χ3v) is 7.04. The molecule has 7 heteroatoms. The quantitative estimate of drug-likeness (QED) is 0.571. The fourth-order valence-corrected chi connectivity index (χ4v) is 5.21. The first-order valence-electron chi connectivity index (χ1n) is 9.03. The molecule has 0 bridgehead atoms. The zero-order valence-electron chi connectivity index (χ0n) is 15.8. The minimum atomic E-state index is -0.0332. The first kappa shape index (κ1) is 19.2. The summed E-state index contributed by atoms with van der Waals surface area (Å²) in [6.45, 7) is 6.66. The lowest BCUT2D eigenvalue weighted by Gasteiger charge is -2.26. The van der Waals surface area contributed by atoms with Crippen molar-refractivity contribution in [3.05, 3.63) is 32.6 Å². The number of aryl methyl sites for hydroxylation is 2. The Balaban J connectivity index is 1.81. The number of amides is 1. The number of hydrogen-bond donors (Lipinski definition) is 0. The van der Waals surface area contributed by atoms with Crippen LogP contribution in [0.15, 0.2) is 21.7 Å². The van der Waals surface area contributed by atoms with Crippen LogP contribution in [-0.4, -0.2) is 32.7 Å². The van der Waals surface area contributed by atoms with Gasteiger partial charge in [-0.25, -0.2) is 4.98 Å². The van der Waals surface area contributed by atoms with Crippen molar-refractivity contribution in [2.24, 2.45) is 7.05 Å². The fraction of sp³-hybridized carbons (Fsp3) is 0.526. The van der Waals surface area contributed by atoms with Gasteiger partial charge in [-0.3, -0.25) is 14.2 Å². The van der Waals surface area contributed by atoms with Gasteiger partial charge in [-0.05, 0) is 52.0 Å². The van der Waals surface area contributed by atoms with Crippen molar-refractivity contribution >= 4 is 39.2 Å². The average molecular weight is 392 g/mol. The fourth-order valence-electron chi connectivity index (χ4n) is 3.30. The molecule has 0 aromatic carbocycles. The first-order chi connectivity index (χ1) is 12.4. The molecule has 0 aliphatic heterocycles. The van der Waals surface area contributed by atoms with Crippen LogP contribution in [0, 0.1) is 13.8 Å². The second kappa shape index (κ2) is 7.96. The Hall–Kier alpha value is -1.60. The van der Waals surface area contributed by atoms with Crippen LogP contribution in [-0.2, 0) is 11.8 Å². The van der Waals surface area contributed by atoms with Crippen LogP contribution >= 0.6 is 23.1 Å². The second-order valence-electron chi connectivity index (χ2n) is 6.59. The molecule has 1 aliphatic rings. The van der Waals surface area contributed by atoms with Crippen molar-refractivity contribution in [2.75, 3.05) is 12.3 Å². The van der Waals surface area contributed by atoms with Gasteiger partial charge in [0.25, 0.3) is 5.56 Å². The number of allylic oxidation sites excluding steroid dienone is 2. The third kappa shape index (κ3) is 3.60.